The Balaban J connectivity index is 0.000000610. The van der Waals surface area contributed by atoms with E-state index in [4.69, 9.17) is 20.1 Å². The maximum absolute atomic E-state index is 11.7. The SMILES string of the molecule is CN(C)C=O.N=[N+]=N.O=P(O)(Oc1ccccc1)Oc1ccccc1. The van der Waals surface area contributed by atoms with Gasteiger partial charge in [-0.1, -0.05) is 36.4 Å². The zero-order valence-electron chi connectivity index (χ0n) is 13.8. The minimum absolute atomic E-state index is 0.286. The fourth-order valence-corrected chi connectivity index (χ4v) is 2.06. The van der Waals surface area contributed by atoms with Gasteiger partial charge < -0.3 is 13.9 Å². The van der Waals surface area contributed by atoms with Crippen LogP contribution in [-0.4, -0.2) is 30.3 Å². The van der Waals surface area contributed by atoms with Gasteiger partial charge in [0.25, 0.3) is 0 Å². The molecule has 0 saturated heterocycles. The highest BCUT2D eigenvalue weighted by atomic mass is 31.2. The van der Waals surface area contributed by atoms with Crippen molar-refractivity contribution in [3.05, 3.63) is 60.7 Å². The molecule has 2 rings (SSSR count). The molecule has 1 amide bonds. The molecule has 2 aromatic rings. The largest absolute Gasteiger partial charge is 0.584 e. The minimum Gasteiger partial charge on any atom is -0.395 e. The van der Waals surface area contributed by atoms with Crippen LogP contribution in [0.15, 0.2) is 60.7 Å². The summed E-state index contributed by atoms with van der Waals surface area (Å²) >= 11 is 0. The number of carbonyl (C=O) groups is 1. The molecule has 0 unspecified atom stereocenters. The van der Waals surface area contributed by atoms with Gasteiger partial charge in [0.15, 0.2) is 0 Å². The summed E-state index contributed by atoms with van der Waals surface area (Å²) in [5.41, 5.74) is 11.0. The van der Waals surface area contributed by atoms with E-state index >= 15 is 0 Å². The van der Waals surface area contributed by atoms with Gasteiger partial charge >= 0.3 is 7.82 Å². The Hall–Kier alpha value is -2.99. The van der Waals surface area contributed by atoms with Gasteiger partial charge in [-0.2, -0.15) is 0 Å². The first kappa shape index (κ1) is 22.0. The van der Waals surface area contributed by atoms with Gasteiger partial charge in [-0.3, -0.25) is 9.69 Å². The lowest BCUT2D eigenvalue weighted by Crippen LogP contribution is -2.06. The van der Waals surface area contributed by atoms with E-state index in [1.807, 2.05) is 4.91 Å². The van der Waals surface area contributed by atoms with Crippen molar-refractivity contribution in [3.63, 3.8) is 0 Å². The second kappa shape index (κ2) is 12.4. The van der Waals surface area contributed by atoms with Crippen LogP contribution in [0.2, 0.25) is 0 Å². The van der Waals surface area contributed by atoms with E-state index in [9.17, 15) is 14.3 Å². The number of amides is 1. The van der Waals surface area contributed by atoms with Gasteiger partial charge in [0.1, 0.15) is 22.6 Å². The molecular weight excluding hydrogens is 347 g/mol. The van der Waals surface area contributed by atoms with E-state index in [2.05, 4.69) is 0 Å². The lowest BCUT2D eigenvalue weighted by atomic mass is 10.3. The molecule has 0 spiro atoms. The van der Waals surface area contributed by atoms with E-state index < -0.39 is 7.82 Å². The summed E-state index contributed by atoms with van der Waals surface area (Å²) in [7, 11) is -0.761. The zero-order chi connectivity index (χ0) is 19.1. The Kier molecular flexibility index (Phi) is 10.9. The molecule has 0 aliphatic rings. The molecule has 0 saturated carbocycles. The Morgan fingerprint density at radius 3 is 1.48 bits per heavy atom. The van der Waals surface area contributed by atoms with Gasteiger partial charge in [0.2, 0.25) is 11.3 Å². The molecule has 2 aromatic carbocycles. The molecule has 0 bridgehead atoms. The van der Waals surface area contributed by atoms with Gasteiger partial charge in [0, 0.05) is 14.1 Å². The van der Waals surface area contributed by atoms with E-state index in [0.717, 1.165) is 6.41 Å². The fourth-order valence-electron chi connectivity index (χ4n) is 1.25. The summed E-state index contributed by atoms with van der Waals surface area (Å²) in [6, 6.07) is 16.7. The minimum atomic E-state index is -4.14. The van der Waals surface area contributed by atoms with Gasteiger partial charge in [-0.05, 0) is 24.3 Å². The molecule has 0 radical (unpaired) electrons. The molecule has 10 heteroatoms. The van der Waals surface area contributed by atoms with Gasteiger partial charge in [-0.15, -0.1) is 0 Å². The van der Waals surface area contributed by atoms with Crippen LogP contribution in [0, 0.1) is 11.1 Å². The maximum Gasteiger partial charge on any atom is 0.584 e. The third kappa shape index (κ3) is 12.1. The van der Waals surface area contributed by atoms with Crippen molar-refractivity contribution in [3.8, 4) is 11.5 Å². The molecule has 134 valence electrons. The first-order valence-electron chi connectivity index (χ1n) is 6.81. The van der Waals surface area contributed by atoms with Crippen molar-refractivity contribution < 1.29 is 23.3 Å². The first-order chi connectivity index (χ1) is 11.8. The number of rotatable bonds is 5. The summed E-state index contributed by atoms with van der Waals surface area (Å²) in [6.45, 7) is 0. The van der Waals surface area contributed by atoms with Crippen molar-refractivity contribution in [1.29, 1.82) is 11.1 Å². The van der Waals surface area contributed by atoms with Crippen molar-refractivity contribution >= 4 is 14.2 Å². The average Bonchev–Trinajstić information content (AvgIpc) is 2.57. The molecule has 0 aliphatic heterocycles. The smallest absolute Gasteiger partial charge is 0.395 e. The van der Waals surface area contributed by atoms with Crippen LogP contribution in [0.4, 0.5) is 0 Å². The Labute approximate surface area is 145 Å². The topological polar surface area (TPSA) is 138 Å². The van der Waals surface area contributed by atoms with Gasteiger partial charge in [0.05, 0.1) is 0 Å². The Bertz CT molecular complexity index is 646. The predicted octanol–water partition coefficient (Wildman–Crippen LogP) is 3.06. The van der Waals surface area contributed by atoms with E-state index in [1.54, 1.807) is 74.8 Å². The van der Waals surface area contributed by atoms with Crippen molar-refractivity contribution in [2.24, 2.45) is 0 Å². The van der Waals surface area contributed by atoms with Crippen molar-refractivity contribution in [2.75, 3.05) is 14.1 Å². The van der Waals surface area contributed by atoms with Crippen LogP contribution in [0.1, 0.15) is 0 Å². The third-order valence-corrected chi connectivity index (χ3v) is 3.02. The van der Waals surface area contributed by atoms with E-state index in [-0.39, 0.29) is 11.5 Å². The third-order valence-electron chi connectivity index (χ3n) is 2.14. The quantitative estimate of drug-likeness (QED) is 0.323. The molecule has 0 heterocycles. The normalized spacial score (nSPS) is 9.08. The van der Waals surface area contributed by atoms with Crippen LogP contribution in [0.5, 0.6) is 11.5 Å². The number of nitrogens with one attached hydrogen (secondary N) is 2. The summed E-state index contributed by atoms with van der Waals surface area (Å²) in [6.07, 6.45) is 0.750. The highest BCUT2D eigenvalue weighted by Gasteiger charge is 2.24. The van der Waals surface area contributed by atoms with Crippen LogP contribution < -0.4 is 14.0 Å². The number of benzene rings is 2. The average molecular weight is 367 g/mol. The lowest BCUT2D eigenvalue weighted by molar-refractivity contribution is -0.115. The number of hydrogen-bond acceptors (Lipinski definition) is 6. The van der Waals surface area contributed by atoms with Gasteiger partial charge in [-0.25, -0.2) is 4.57 Å². The lowest BCUT2D eigenvalue weighted by Gasteiger charge is -2.13. The van der Waals surface area contributed by atoms with Crippen LogP contribution in [-0.2, 0) is 9.36 Å². The number of carbonyl (C=O) groups excluding carboxylic acids is 1. The van der Waals surface area contributed by atoms with E-state index in [0.29, 0.717) is 0 Å². The van der Waals surface area contributed by atoms with Crippen LogP contribution in [0.3, 0.4) is 0 Å². The maximum atomic E-state index is 11.7. The highest BCUT2D eigenvalue weighted by Crippen LogP contribution is 2.43. The Morgan fingerprint density at radius 2 is 1.24 bits per heavy atom. The molecule has 25 heavy (non-hydrogen) atoms. The molecule has 0 aromatic heterocycles. The van der Waals surface area contributed by atoms with Crippen molar-refractivity contribution in [2.45, 2.75) is 0 Å². The summed E-state index contributed by atoms with van der Waals surface area (Å²) in [5, 5.41) is 0. The number of phosphoric ester groups is 1. The summed E-state index contributed by atoms with van der Waals surface area (Å²) in [4.78, 5) is 22.4. The number of nitrogens with zero attached hydrogens (tertiary/aromatic N) is 2. The highest BCUT2D eigenvalue weighted by molar-refractivity contribution is 7.48. The van der Waals surface area contributed by atoms with E-state index in [1.165, 1.54) is 4.90 Å². The second-order valence-corrected chi connectivity index (χ2v) is 5.76. The predicted molar refractivity (Wildman–Crippen MR) is 91.3 cm³/mol. The number of phosphoric acid groups is 1. The standard InChI is InChI=1S/C12H11O4P.C3H7NO.H2N3/c13-17(14,15-11-7-3-1-4-8-11)16-12-9-5-2-6-10-12;1-4(2)3-5;1-3-2/h1-10H,(H,13,14);3H,1-2H3;1-2H/q;;+1. The van der Waals surface area contributed by atoms with Crippen LogP contribution in [0.25, 0.3) is 0 Å². The molecular formula is C15H20N4O5P+. The zero-order valence-corrected chi connectivity index (χ0v) is 14.7. The summed E-state index contributed by atoms with van der Waals surface area (Å²) in [5.74, 6) is 0.573. The molecule has 0 atom stereocenters. The molecule has 9 nitrogen and oxygen atoms in total. The summed E-state index contributed by atoms with van der Waals surface area (Å²) < 4.78 is 21.5. The monoisotopic (exact) mass is 367 g/mol. The molecule has 0 aliphatic carbocycles. The van der Waals surface area contributed by atoms with Crippen molar-refractivity contribution in [1.82, 2.24) is 9.81 Å². The Morgan fingerprint density at radius 1 is 0.960 bits per heavy atom. The molecule has 3 N–H and O–H groups in total. The fraction of sp³-hybridized carbons (Fsp3) is 0.133. The molecule has 0 fully saturated rings. The number of para-hydroxylation sites is 2. The number of hydrogen-bond donors (Lipinski definition) is 3. The second-order valence-electron chi connectivity index (χ2n) is 4.46. The first-order valence-corrected chi connectivity index (χ1v) is 8.31. The van der Waals surface area contributed by atoms with Crippen LogP contribution >= 0.6 is 7.82 Å².